The third kappa shape index (κ3) is 4.64. The van der Waals surface area contributed by atoms with Crippen LogP contribution in [-0.4, -0.2) is 12.5 Å². The Morgan fingerprint density at radius 1 is 1.17 bits per heavy atom. The van der Waals surface area contributed by atoms with Crippen LogP contribution in [0.15, 0.2) is 36.4 Å². The molecule has 0 aliphatic rings. The summed E-state index contributed by atoms with van der Waals surface area (Å²) in [5.74, 6) is -0.0579. The fourth-order valence-corrected chi connectivity index (χ4v) is 2.15. The zero-order chi connectivity index (χ0) is 17.9. The second-order valence-electron chi connectivity index (χ2n) is 5.30. The molecule has 0 aliphatic carbocycles. The third-order valence-corrected chi connectivity index (χ3v) is 3.60. The van der Waals surface area contributed by atoms with Crippen molar-refractivity contribution in [1.82, 2.24) is 0 Å². The van der Waals surface area contributed by atoms with E-state index in [1.54, 1.807) is 6.07 Å². The largest absolute Gasteiger partial charge is 0.483 e. The number of ether oxygens (including phenoxy) is 1. The van der Waals surface area contributed by atoms with Gasteiger partial charge in [0.05, 0.1) is 16.3 Å². The Balaban J connectivity index is 2.06. The van der Waals surface area contributed by atoms with Crippen LogP contribution in [0.3, 0.4) is 0 Å². The summed E-state index contributed by atoms with van der Waals surface area (Å²) in [6, 6.07) is 8.27. The molecule has 3 nitrogen and oxygen atoms in total. The van der Waals surface area contributed by atoms with Crippen LogP contribution in [0.2, 0.25) is 5.02 Å². The molecule has 2 rings (SSSR count). The average molecular weight is 358 g/mol. The van der Waals surface area contributed by atoms with Crippen LogP contribution in [0.25, 0.3) is 0 Å². The third-order valence-electron chi connectivity index (χ3n) is 3.27. The molecule has 1 N–H and O–H groups in total. The van der Waals surface area contributed by atoms with Gasteiger partial charge in [-0.1, -0.05) is 23.7 Å². The minimum Gasteiger partial charge on any atom is -0.483 e. The van der Waals surface area contributed by atoms with Gasteiger partial charge in [-0.3, -0.25) is 4.79 Å². The first-order valence-corrected chi connectivity index (χ1v) is 7.41. The van der Waals surface area contributed by atoms with Gasteiger partial charge in [0, 0.05) is 0 Å². The van der Waals surface area contributed by atoms with Crippen LogP contribution in [-0.2, 0) is 11.0 Å². The molecular weight excluding hydrogens is 343 g/mol. The molecule has 0 aliphatic heterocycles. The normalized spacial score (nSPS) is 11.2. The zero-order valence-corrected chi connectivity index (χ0v) is 13.8. The summed E-state index contributed by atoms with van der Waals surface area (Å²) >= 11 is 5.83. The van der Waals surface area contributed by atoms with Gasteiger partial charge in [-0.2, -0.15) is 13.2 Å². The molecular formula is C17H15ClF3NO2. The lowest BCUT2D eigenvalue weighted by molar-refractivity contribution is -0.137. The summed E-state index contributed by atoms with van der Waals surface area (Å²) in [6.45, 7) is 3.38. The molecule has 0 fully saturated rings. The number of aryl methyl sites for hydroxylation is 2. The highest BCUT2D eigenvalue weighted by Crippen LogP contribution is 2.33. The number of nitrogens with one attached hydrogen (secondary N) is 1. The van der Waals surface area contributed by atoms with Crippen LogP contribution in [0, 0.1) is 13.8 Å². The van der Waals surface area contributed by atoms with E-state index in [4.69, 9.17) is 16.3 Å². The predicted molar refractivity (Wildman–Crippen MR) is 86.5 cm³/mol. The second kappa shape index (κ2) is 7.13. The molecule has 0 saturated heterocycles. The summed E-state index contributed by atoms with van der Waals surface area (Å²) in [6.07, 6.45) is -4.51. The van der Waals surface area contributed by atoms with Gasteiger partial charge in [-0.15, -0.1) is 0 Å². The van der Waals surface area contributed by atoms with Gasteiger partial charge < -0.3 is 10.1 Å². The number of amides is 1. The standard InChI is InChI=1S/C17H15ClF3NO2/c1-10-3-4-11(2)15(7-10)24-9-16(23)22-14-8-12(17(19,20)21)5-6-13(14)18/h3-8H,9H2,1-2H3,(H,22,23). The predicted octanol–water partition coefficient (Wildman–Crippen LogP) is 4.99. The van der Waals surface area contributed by atoms with Gasteiger partial charge >= 0.3 is 6.18 Å². The van der Waals surface area contributed by atoms with Crippen molar-refractivity contribution >= 4 is 23.2 Å². The first-order chi connectivity index (χ1) is 11.2. The minimum atomic E-state index is -4.51. The van der Waals surface area contributed by atoms with Crippen molar-refractivity contribution in [3.05, 3.63) is 58.1 Å². The highest BCUT2D eigenvalue weighted by Gasteiger charge is 2.31. The highest BCUT2D eigenvalue weighted by molar-refractivity contribution is 6.33. The molecule has 0 aromatic heterocycles. The van der Waals surface area contributed by atoms with Crippen LogP contribution in [0.5, 0.6) is 5.75 Å². The first-order valence-electron chi connectivity index (χ1n) is 7.03. The van der Waals surface area contributed by atoms with Gasteiger partial charge in [-0.05, 0) is 49.2 Å². The number of rotatable bonds is 4. The van der Waals surface area contributed by atoms with Crippen LogP contribution in [0.1, 0.15) is 16.7 Å². The summed E-state index contributed by atoms with van der Waals surface area (Å²) in [4.78, 5) is 11.9. The number of hydrogen-bond acceptors (Lipinski definition) is 2. The van der Waals surface area contributed by atoms with Gasteiger partial charge in [0.15, 0.2) is 6.61 Å². The van der Waals surface area contributed by atoms with Gasteiger partial charge in [0.1, 0.15) is 5.75 Å². The molecule has 128 valence electrons. The number of carbonyl (C=O) groups excluding carboxylic acids is 1. The molecule has 2 aromatic rings. The Morgan fingerprint density at radius 3 is 2.54 bits per heavy atom. The monoisotopic (exact) mass is 357 g/mol. The molecule has 0 heterocycles. The van der Waals surface area contributed by atoms with Crippen LogP contribution < -0.4 is 10.1 Å². The zero-order valence-electron chi connectivity index (χ0n) is 13.0. The summed E-state index contributed by atoms with van der Waals surface area (Å²) in [5.41, 5.74) is 0.820. The Morgan fingerprint density at radius 2 is 1.88 bits per heavy atom. The Hall–Kier alpha value is -2.21. The van der Waals surface area contributed by atoms with Crippen molar-refractivity contribution in [1.29, 1.82) is 0 Å². The number of anilines is 1. The fraction of sp³-hybridized carbons (Fsp3) is 0.235. The van der Waals surface area contributed by atoms with Gasteiger partial charge in [0.2, 0.25) is 0 Å². The van der Waals surface area contributed by atoms with Crippen molar-refractivity contribution < 1.29 is 22.7 Å². The van der Waals surface area contributed by atoms with E-state index < -0.39 is 17.6 Å². The summed E-state index contributed by atoms with van der Waals surface area (Å²) in [5, 5.41) is 2.35. The Labute approximate surface area is 142 Å². The highest BCUT2D eigenvalue weighted by atomic mass is 35.5. The van der Waals surface area contributed by atoms with Crippen molar-refractivity contribution in [3.63, 3.8) is 0 Å². The van der Waals surface area contributed by atoms with E-state index in [1.165, 1.54) is 0 Å². The van der Waals surface area contributed by atoms with E-state index in [-0.39, 0.29) is 17.3 Å². The SMILES string of the molecule is Cc1ccc(C)c(OCC(=O)Nc2cc(C(F)(F)F)ccc2Cl)c1. The lowest BCUT2D eigenvalue weighted by Gasteiger charge is -2.13. The number of halogens is 4. The maximum absolute atomic E-state index is 12.7. The molecule has 0 atom stereocenters. The van der Waals surface area contributed by atoms with Crippen molar-refractivity contribution in [3.8, 4) is 5.75 Å². The van der Waals surface area contributed by atoms with E-state index in [2.05, 4.69) is 5.32 Å². The van der Waals surface area contributed by atoms with Gasteiger partial charge in [0.25, 0.3) is 5.91 Å². The fourth-order valence-electron chi connectivity index (χ4n) is 1.99. The van der Waals surface area contributed by atoms with Gasteiger partial charge in [-0.25, -0.2) is 0 Å². The summed E-state index contributed by atoms with van der Waals surface area (Å²) in [7, 11) is 0. The second-order valence-corrected chi connectivity index (χ2v) is 5.71. The lowest BCUT2D eigenvalue weighted by Crippen LogP contribution is -2.21. The summed E-state index contributed by atoms with van der Waals surface area (Å²) < 4.78 is 43.5. The average Bonchev–Trinajstić information content (AvgIpc) is 2.49. The maximum atomic E-state index is 12.7. The number of benzene rings is 2. The lowest BCUT2D eigenvalue weighted by atomic mass is 10.1. The minimum absolute atomic E-state index is 0.0167. The van der Waals surface area contributed by atoms with E-state index >= 15 is 0 Å². The van der Waals surface area contributed by atoms with Crippen LogP contribution in [0.4, 0.5) is 18.9 Å². The molecule has 0 bridgehead atoms. The van der Waals surface area contributed by atoms with E-state index in [0.717, 1.165) is 29.3 Å². The van der Waals surface area contributed by atoms with E-state index in [1.807, 2.05) is 26.0 Å². The molecule has 0 spiro atoms. The molecule has 7 heteroatoms. The first kappa shape index (κ1) is 18.1. The Bertz CT molecular complexity index is 760. The number of alkyl halides is 3. The Kier molecular flexibility index (Phi) is 5.39. The molecule has 24 heavy (non-hydrogen) atoms. The molecule has 0 saturated carbocycles. The quantitative estimate of drug-likeness (QED) is 0.836. The maximum Gasteiger partial charge on any atom is 0.416 e. The van der Waals surface area contributed by atoms with E-state index in [0.29, 0.717) is 5.75 Å². The number of carbonyl (C=O) groups is 1. The molecule has 2 aromatic carbocycles. The molecule has 0 radical (unpaired) electrons. The van der Waals surface area contributed by atoms with Crippen molar-refractivity contribution in [2.24, 2.45) is 0 Å². The van der Waals surface area contributed by atoms with E-state index in [9.17, 15) is 18.0 Å². The topological polar surface area (TPSA) is 38.3 Å². The molecule has 0 unspecified atom stereocenters. The smallest absolute Gasteiger partial charge is 0.416 e. The van der Waals surface area contributed by atoms with Crippen molar-refractivity contribution in [2.75, 3.05) is 11.9 Å². The van der Waals surface area contributed by atoms with Crippen LogP contribution >= 0.6 is 11.6 Å². The molecule has 1 amide bonds. The number of hydrogen-bond donors (Lipinski definition) is 1. The van der Waals surface area contributed by atoms with Crippen molar-refractivity contribution in [2.45, 2.75) is 20.0 Å².